The number of aromatic hydroxyl groups is 1. The van der Waals surface area contributed by atoms with Crippen LogP contribution < -0.4 is 116 Å². The van der Waals surface area contributed by atoms with Gasteiger partial charge in [0.25, 0.3) is 5.91 Å². The molecule has 36 heteroatoms. The van der Waals surface area contributed by atoms with E-state index < -0.39 is 144 Å². The summed E-state index contributed by atoms with van der Waals surface area (Å²) < 4.78 is 0. The van der Waals surface area contributed by atoms with Gasteiger partial charge in [-0.3, -0.25) is 57.5 Å². The van der Waals surface area contributed by atoms with Crippen molar-refractivity contribution in [1.29, 1.82) is 0 Å². The predicted octanol–water partition coefficient (Wildman–Crippen LogP) is -3.13. The lowest BCUT2D eigenvalue weighted by atomic mass is 9.80. The van der Waals surface area contributed by atoms with Crippen molar-refractivity contribution in [2.75, 3.05) is 52.4 Å². The van der Waals surface area contributed by atoms with Gasteiger partial charge in [0.2, 0.25) is 65.0 Å². The average Bonchev–Trinajstić information content (AvgIpc) is 0.868. The van der Waals surface area contributed by atoms with Crippen LogP contribution >= 0.6 is 0 Å². The van der Waals surface area contributed by atoms with Gasteiger partial charge < -0.3 is 125 Å². The smallest absolute Gasteiger partial charge is 0.488 e. The van der Waals surface area contributed by atoms with Gasteiger partial charge in [0.05, 0.1) is 12.1 Å². The number of hydrogen-bond donors (Lipinski definition) is 23. The zero-order valence-corrected chi connectivity index (χ0v) is 66.4. The molecular formula is C76H135BN20O15. The van der Waals surface area contributed by atoms with E-state index in [0.717, 1.165) is 0 Å². The van der Waals surface area contributed by atoms with Gasteiger partial charge >= 0.3 is 7.12 Å². The van der Waals surface area contributed by atoms with Gasteiger partial charge in [0, 0.05) is 25.1 Å². The minimum absolute atomic E-state index is 0.00573. The van der Waals surface area contributed by atoms with Crippen molar-refractivity contribution < 1.29 is 72.7 Å². The van der Waals surface area contributed by atoms with Crippen molar-refractivity contribution >= 4 is 83.5 Å². The van der Waals surface area contributed by atoms with Crippen LogP contribution in [0.2, 0.25) is 0 Å². The molecule has 0 bridgehead atoms. The van der Waals surface area contributed by atoms with Gasteiger partial charge in [-0.1, -0.05) is 64.8 Å². The summed E-state index contributed by atoms with van der Waals surface area (Å²) >= 11 is 0. The van der Waals surface area contributed by atoms with Gasteiger partial charge in [-0.2, -0.15) is 0 Å². The first kappa shape index (κ1) is 99.6. The van der Waals surface area contributed by atoms with Crippen LogP contribution in [0.4, 0.5) is 0 Å². The summed E-state index contributed by atoms with van der Waals surface area (Å²) in [7, 11) is -1.74. The number of phenolic OH excluding ortho intramolecular Hbond substituents is 1. The van der Waals surface area contributed by atoms with E-state index in [2.05, 4.69) is 58.5 Å². The molecule has 2 rings (SSSR count). The fourth-order valence-electron chi connectivity index (χ4n) is 12.2. The van der Waals surface area contributed by atoms with Gasteiger partial charge in [0.1, 0.15) is 60.1 Å². The third kappa shape index (κ3) is 41.4. The molecule has 112 heavy (non-hydrogen) atoms. The lowest BCUT2D eigenvalue weighted by molar-refractivity contribution is -0.136. The SMILES string of the molecule is CC(C)C[C@H](NC(=O)[C@@H](N)CCCCN)C(=O)N[C@@H](CCCCN)C(=O)NCCCC[C@H](NC(=O)[C@H](CCCCN)NC(=O)[C@H](CC(C)C)NC(=O)[C@@H](N)CCCCN)C(=O)N[C@@H](CCCCN)C(=O)N[C@@H](CCCCN)C(=O)N[C@@H](CCCCNC(=O)c1ccc(B(O)O)cc1)C(=O)N[C@@H](Cc1ccc(O)cc1)C(N)=O. The summed E-state index contributed by atoms with van der Waals surface area (Å²) in [5.41, 5.74) is 54.1. The number of benzene rings is 2. The molecule has 0 aliphatic heterocycles. The normalized spacial score (nSPS) is 14.2. The lowest BCUT2D eigenvalue weighted by Crippen LogP contribution is -2.60. The zero-order valence-electron chi connectivity index (χ0n) is 66.4. The summed E-state index contributed by atoms with van der Waals surface area (Å²) in [6.45, 7) is 9.36. The highest BCUT2D eigenvalue weighted by atomic mass is 16.4. The monoisotopic (exact) mass is 1580 g/mol. The summed E-state index contributed by atoms with van der Waals surface area (Å²) in [6.07, 6.45) is 7.33. The quantitative estimate of drug-likeness (QED) is 0.0230. The molecule has 0 unspecified atom stereocenters. The molecule has 35 nitrogen and oxygen atoms in total. The minimum Gasteiger partial charge on any atom is -0.508 e. The second kappa shape index (κ2) is 57.6. The van der Waals surface area contributed by atoms with Gasteiger partial charge in [-0.05, 0) is 240 Å². The fourth-order valence-corrected chi connectivity index (χ4v) is 12.2. The van der Waals surface area contributed by atoms with Crippen LogP contribution in [0.3, 0.4) is 0 Å². The molecule has 0 radical (unpaired) electrons. The first-order valence-electron chi connectivity index (χ1n) is 40.0. The molecule has 0 heterocycles. The maximum absolute atomic E-state index is 15.1. The Hall–Kier alpha value is -8.46. The Bertz CT molecular complexity index is 3140. The van der Waals surface area contributed by atoms with Crippen molar-refractivity contribution in [3.63, 3.8) is 0 Å². The number of primary amides is 1. The van der Waals surface area contributed by atoms with E-state index in [1.807, 2.05) is 27.7 Å². The van der Waals surface area contributed by atoms with Gasteiger partial charge in [0.15, 0.2) is 0 Å². The lowest BCUT2D eigenvalue weighted by Gasteiger charge is -2.28. The molecular weight excluding hydrogens is 1440 g/mol. The van der Waals surface area contributed by atoms with E-state index in [-0.39, 0.29) is 158 Å². The number of amides is 12. The average molecular weight is 1580 g/mol. The standard InChI is InChI=1S/C76H135BN20O15/c1-48(2)45-63(96-67(101)54(84)21-5-13-37-78)75(109)89-56(23-7-15-39-80)69(103)88-44-20-12-27-60(92-72(106)59(26-10-18-42-83)94-76(110)64(46-49(3)4)97-68(102)55(85)22-6-14-38-79)73(107)91-57(24-8-16-40-81)70(104)90-58(25-9-17-41-82)71(105)93-61(74(108)95-62(65(86)99)47-50-29-35-53(98)36-30-50)28-11-19-43-87-66(100)51-31-33-52(34-32-51)77(111)112/h29-36,48-49,54-64,98,111-112H,5-28,37-47,78-85H2,1-4H3,(H2,86,99)(H,87,100)(H,88,103)(H,89,109)(H,90,104)(H,91,107)(H,92,106)(H,93,105)(H,94,110)(H,95,108)(H,96,101)(H,97,102)/t54-,55-,56-,57-,58-,59-,60-,61-,62-,63-,64-/m0/s1. The minimum atomic E-state index is -1.74. The van der Waals surface area contributed by atoms with Crippen LogP contribution in [0.25, 0.3) is 0 Å². The maximum Gasteiger partial charge on any atom is 0.488 e. The van der Waals surface area contributed by atoms with Crippen molar-refractivity contribution in [2.45, 2.75) is 268 Å². The summed E-state index contributed by atoms with van der Waals surface area (Å²) in [4.78, 5) is 169. The fraction of sp³-hybridized carbons (Fsp3) is 0.684. The number of hydrogen-bond acceptors (Lipinski definition) is 23. The van der Waals surface area contributed by atoms with E-state index in [4.69, 9.17) is 51.6 Å². The van der Waals surface area contributed by atoms with E-state index in [0.29, 0.717) is 102 Å². The van der Waals surface area contributed by atoms with Gasteiger partial charge in [-0.25, -0.2) is 0 Å². The van der Waals surface area contributed by atoms with Crippen LogP contribution in [-0.4, -0.2) is 212 Å². The van der Waals surface area contributed by atoms with Crippen molar-refractivity contribution in [1.82, 2.24) is 58.5 Å². The Kier molecular flexibility index (Phi) is 51.2. The Morgan fingerprint density at radius 1 is 0.339 bits per heavy atom. The van der Waals surface area contributed by atoms with Gasteiger partial charge in [-0.15, -0.1) is 0 Å². The number of unbranched alkanes of at least 4 members (excludes halogenated alkanes) is 8. The second-order valence-electron chi connectivity index (χ2n) is 29.5. The molecule has 0 spiro atoms. The molecule has 2 aromatic rings. The number of carbonyl (C=O) groups is 12. The molecule has 11 atom stereocenters. The Morgan fingerprint density at radius 2 is 0.616 bits per heavy atom. The van der Waals surface area contributed by atoms with Crippen LogP contribution in [-0.2, 0) is 59.2 Å². The molecule has 0 aliphatic carbocycles. The van der Waals surface area contributed by atoms with Crippen LogP contribution in [0, 0.1) is 11.8 Å². The van der Waals surface area contributed by atoms with E-state index in [9.17, 15) is 67.9 Å². The molecule has 0 saturated carbocycles. The zero-order chi connectivity index (χ0) is 83.5. The first-order chi connectivity index (χ1) is 53.4. The van der Waals surface area contributed by atoms with Crippen LogP contribution in [0.15, 0.2) is 48.5 Å². The summed E-state index contributed by atoms with van der Waals surface area (Å²) in [6, 6.07) is -1.84. The summed E-state index contributed by atoms with van der Waals surface area (Å²) in [5.74, 6) is -8.68. The number of nitrogens with two attached hydrogens (primary N) is 9. The molecule has 0 saturated heterocycles. The third-order valence-electron chi connectivity index (χ3n) is 18.8. The highest BCUT2D eigenvalue weighted by Crippen LogP contribution is 2.17. The van der Waals surface area contributed by atoms with Crippen molar-refractivity contribution in [2.24, 2.45) is 63.4 Å². The number of nitrogens with one attached hydrogen (secondary N) is 11. The van der Waals surface area contributed by atoms with Crippen molar-refractivity contribution in [3.8, 4) is 5.75 Å². The highest BCUT2D eigenvalue weighted by molar-refractivity contribution is 6.58. The molecule has 12 amide bonds. The number of phenols is 1. The molecule has 32 N–H and O–H groups in total. The Labute approximate surface area is 660 Å². The topological polar surface area (TPSA) is 632 Å². The first-order valence-corrected chi connectivity index (χ1v) is 40.0. The maximum atomic E-state index is 15.1. The predicted molar refractivity (Wildman–Crippen MR) is 430 cm³/mol. The number of carbonyl (C=O) groups excluding carboxylic acids is 12. The van der Waals surface area contributed by atoms with Crippen LogP contribution in [0.1, 0.15) is 211 Å². The summed E-state index contributed by atoms with van der Waals surface area (Å²) in [5, 5.41) is 59.5. The Morgan fingerprint density at radius 3 is 0.920 bits per heavy atom. The second-order valence-corrected chi connectivity index (χ2v) is 29.5. The molecule has 0 aliphatic rings. The molecule has 0 fully saturated rings. The van der Waals surface area contributed by atoms with E-state index >= 15 is 4.79 Å². The third-order valence-corrected chi connectivity index (χ3v) is 18.8. The Balaban J connectivity index is 2.69. The molecule has 632 valence electrons. The van der Waals surface area contributed by atoms with Crippen molar-refractivity contribution in [3.05, 3.63) is 59.7 Å². The van der Waals surface area contributed by atoms with Crippen LogP contribution in [0.5, 0.6) is 5.75 Å². The van der Waals surface area contributed by atoms with E-state index in [1.165, 1.54) is 48.5 Å². The molecule has 2 aromatic carbocycles. The largest absolute Gasteiger partial charge is 0.508 e. The number of rotatable bonds is 62. The van der Waals surface area contributed by atoms with E-state index in [1.54, 1.807) is 0 Å². The highest BCUT2D eigenvalue weighted by Gasteiger charge is 2.36. The molecule has 0 aromatic heterocycles.